The van der Waals surface area contributed by atoms with Crippen molar-refractivity contribution in [3.05, 3.63) is 42.1 Å². The van der Waals surface area contributed by atoms with E-state index in [1.807, 2.05) is 18.3 Å². The summed E-state index contributed by atoms with van der Waals surface area (Å²) in [6, 6.07) is 10.3. The lowest BCUT2D eigenvalue weighted by Gasteiger charge is -2.30. The van der Waals surface area contributed by atoms with Crippen molar-refractivity contribution in [3.8, 4) is 0 Å². The van der Waals surface area contributed by atoms with Crippen molar-refractivity contribution >= 4 is 16.9 Å². The number of ether oxygens (including phenoxy) is 1. The standard InChI is InChI=1S/C22H32N4O/c1-3-23-21(26-17-22(13-15-27-2)11-6-7-12-22)25-16-18-10-14-24-20-9-5-4-8-19(18)20/h4-5,8-10,14H,3,6-7,11-13,15-17H2,1-2H3,(H2,23,25,26). The molecule has 1 aliphatic carbocycles. The van der Waals surface area contributed by atoms with Gasteiger partial charge in [-0.2, -0.15) is 0 Å². The van der Waals surface area contributed by atoms with E-state index in [2.05, 4.69) is 40.7 Å². The number of rotatable bonds is 8. The van der Waals surface area contributed by atoms with Gasteiger partial charge in [0.2, 0.25) is 0 Å². The zero-order valence-electron chi connectivity index (χ0n) is 16.6. The second kappa shape index (κ2) is 9.70. The van der Waals surface area contributed by atoms with E-state index < -0.39 is 0 Å². The molecule has 0 unspecified atom stereocenters. The highest BCUT2D eigenvalue weighted by molar-refractivity contribution is 5.83. The summed E-state index contributed by atoms with van der Waals surface area (Å²) in [6.45, 7) is 5.39. The van der Waals surface area contributed by atoms with Crippen LogP contribution in [-0.2, 0) is 11.3 Å². The number of aromatic nitrogens is 1. The number of benzene rings is 1. The molecule has 0 aliphatic heterocycles. The molecule has 1 aromatic carbocycles. The van der Waals surface area contributed by atoms with Crippen molar-refractivity contribution in [2.24, 2.45) is 10.4 Å². The first-order valence-corrected chi connectivity index (χ1v) is 10.1. The lowest BCUT2D eigenvalue weighted by Crippen LogP contribution is -2.43. The molecule has 2 aromatic rings. The van der Waals surface area contributed by atoms with Crippen LogP contribution in [0.4, 0.5) is 0 Å². The maximum atomic E-state index is 5.35. The molecule has 2 N–H and O–H groups in total. The quantitative estimate of drug-likeness (QED) is 0.548. The largest absolute Gasteiger partial charge is 0.385 e. The van der Waals surface area contributed by atoms with Crippen molar-refractivity contribution in [2.45, 2.75) is 45.6 Å². The highest BCUT2D eigenvalue weighted by atomic mass is 16.5. The number of pyridine rings is 1. The van der Waals surface area contributed by atoms with Gasteiger partial charge in [0, 0.05) is 38.4 Å². The third-order valence-corrected chi connectivity index (χ3v) is 5.62. The van der Waals surface area contributed by atoms with Crippen LogP contribution in [0, 0.1) is 5.41 Å². The lowest BCUT2D eigenvalue weighted by molar-refractivity contribution is 0.138. The van der Waals surface area contributed by atoms with Crippen LogP contribution >= 0.6 is 0 Å². The van der Waals surface area contributed by atoms with Crippen LogP contribution in [0.2, 0.25) is 0 Å². The third kappa shape index (κ3) is 5.19. The summed E-state index contributed by atoms with van der Waals surface area (Å²) in [5.41, 5.74) is 2.57. The van der Waals surface area contributed by atoms with Crippen LogP contribution in [0.15, 0.2) is 41.5 Å². The Balaban J connectivity index is 1.69. The zero-order chi connectivity index (χ0) is 19.0. The van der Waals surface area contributed by atoms with E-state index in [4.69, 9.17) is 9.73 Å². The van der Waals surface area contributed by atoms with Crippen LogP contribution in [0.5, 0.6) is 0 Å². The van der Waals surface area contributed by atoms with Gasteiger partial charge in [0.05, 0.1) is 12.1 Å². The van der Waals surface area contributed by atoms with Crippen LogP contribution in [0.3, 0.4) is 0 Å². The maximum Gasteiger partial charge on any atom is 0.191 e. The number of aliphatic imine (C=N–C) groups is 1. The van der Waals surface area contributed by atoms with Crippen molar-refractivity contribution in [2.75, 3.05) is 26.8 Å². The fraction of sp³-hybridized carbons (Fsp3) is 0.545. The second-order valence-electron chi connectivity index (χ2n) is 7.49. The molecule has 0 bridgehead atoms. The smallest absolute Gasteiger partial charge is 0.191 e. The molecular weight excluding hydrogens is 336 g/mol. The summed E-state index contributed by atoms with van der Waals surface area (Å²) in [5, 5.41) is 8.16. The Labute approximate surface area is 162 Å². The highest BCUT2D eigenvalue weighted by Gasteiger charge is 2.33. The summed E-state index contributed by atoms with van der Waals surface area (Å²) >= 11 is 0. The summed E-state index contributed by atoms with van der Waals surface area (Å²) in [5.74, 6) is 0.891. The highest BCUT2D eigenvalue weighted by Crippen LogP contribution is 2.40. The van der Waals surface area contributed by atoms with E-state index in [9.17, 15) is 0 Å². The molecule has 0 spiro atoms. The van der Waals surface area contributed by atoms with Crippen LogP contribution in [-0.4, -0.2) is 37.7 Å². The van der Waals surface area contributed by atoms with Crippen molar-refractivity contribution in [1.82, 2.24) is 15.6 Å². The van der Waals surface area contributed by atoms with E-state index in [-0.39, 0.29) is 0 Å². The predicted octanol–water partition coefficient (Wildman–Crippen LogP) is 3.89. The molecule has 3 rings (SSSR count). The summed E-state index contributed by atoms with van der Waals surface area (Å²) in [6.07, 6.45) is 8.18. The van der Waals surface area contributed by atoms with Crippen LogP contribution in [0.25, 0.3) is 10.9 Å². The Hall–Kier alpha value is -2.14. The summed E-state index contributed by atoms with van der Waals surface area (Å²) in [4.78, 5) is 9.28. The van der Waals surface area contributed by atoms with Gasteiger partial charge in [-0.25, -0.2) is 4.99 Å². The third-order valence-electron chi connectivity index (χ3n) is 5.62. The topological polar surface area (TPSA) is 58.5 Å². The average Bonchev–Trinajstić information content (AvgIpc) is 3.18. The van der Waals surface area contributed by atoms with E-state index in [1.165, 1.54) is 36.6 Å². The second-order valence-corrected chi connectivity index (χ2v) is 7.49. The average molecular weight is 369 g/mol. The summed E-state index contributed by atoms with van der Waals surface area (Å²) < 4.78 is 5.35. The van der Waals surface area contributed by atoms with E-state index in [0.717, 1.165) is 37.6 Å². The SMILES string of the molecule is CCNC(=NCc1ccnc2ccccc12)NCC1(CCOC)CCCC1. The number of hydrogen-bond donors (Lipinski definition) is 2. The number of hydrogen-bond acceptors (Lipinski definition) is 3. The fourth-order valence-electron chi connectivity index (χ4n) is 4.03. The molecule has 27 heavy (non-hydrogen) atoms. The van der Waals surface area contributed by atoms with Gasteiger partial charge in [0.25, 0.3) is 0 Å². The van der Waals surface area contributed by atoms with Crippen molar-refractivity contribution in [3.63, 3.8) is 0 Å². The lowest BCUT2D eigenvalue weighted by atomic mass is 9.83. The molecule has 0 atom stereocenters. The van der Waals surface area contributed by atoms with Crippen molar-refractivity contribution < 1.29 is 4.74 Å². The minimum atomic E-state index is 0.343. The molecule has 0 saturated heterocycles. The number of methoxy groups -OCH3 is 1. The molecule has 0 amide bonds. The van der Waals surface area contributed by atoms with E-state index in [0.29, 0.717) is 12.0 Å². The van der Waals surface area contributed by atoms with Gasteiger partial charge >= 0.3 is 0 Å². The Morgan fingerprint density at radius 1 is 1.19 bits per heavy atom. The molecule has 5 nitrogen and oxygen atoms in total. The van der Waals surface area contributed by atoms with Gasteiger partial charge in [-0.05, 0) is 49.3 Å². The Bertz CT molecular complexity index is 748. The molecule has 146 valence electrons. The molecule has 1 saturated carbocycles. The van der Waals surface area contributed by atoms with Gasteiger partial charge in [-0.1, -0.05) is 31.0 Å². The Morgan fingerprint density at radius 3 is 2.78 bits per heavy atom. The molecule has 1 aromatic heterocycles. The first-order valence-electron chi connectivity index (χ1n) is 10.1. The fourth-order valence-corrected chi connectivity index (χ4v) is 4.03. The van der Waals surface area contributed by atoms with Gasteiger partial charge in [-0.15, -0.1) is 0 Å². The number of para-hydroxylation sites is 1. The summed E-state index contributed by atoms with van der Waals surface area (Å²) in [7, 11) is 1.79. The minimum Gasteiger partial charge on any atom is -0.385 e. The van der Waals surface area contributed by atoms with E-state index in [1.54, 1.807) is 7.11 Å². The van der Waals surface area contributed by atoms with Gasteiger partial charge in [-0.3, -0.25) is 4.98 Å². The normalized spacial score (nSPS) is 16.6. The number of guanidine groups is 1. The molecule has 1 fully saturated rings. The molecular formula is C22H32N4O. The Kier molecular flexibility index (Phi) is 7.04. The first kappa shape index (κ1) is 19.6. The molecule has 1 aliphatic rings. The Morgan fingerprint density at radius 2 is 2.00 bits per heavy atom. The number of nitrogens with zero attached hydrogens (tertiary/aromatic N) is 2. The molecule has 1 heterocycles. The van der Waals surface area contributed by atoms with Crippen LogP contribution < -0.4 is 10.6 Å². The van der Waals surface area contributed by atoms with Gasteiger partial charge in [0.15, 0.2) is 5.96 Å². The van der Waals surface area contributed by atoms with Crippen LogP contribution in [0.1, 0.15) is 44.6 Å². The zero-order valence-corrected chi connectivity index (χ0v) is 16.6. The van der Waals surface area contributed by atoms with Crippen molar-refractivity contribution in [1.29, 1.82) is 0 Å². The monoisotopic (exact) mass is 368 g/mol. The minimum absolute atomic E-state index is 0.343. The number of fused-ring (bicyclic) bond motifs is 1. The van der Waals surface area contributed by atoms with Gasteiger partial charge in [0.1, 0.15) is 0 Å². The molecule has 0 radical (unpaired) electrons. The first-order chi connectivity index (χ1) is 13.3. The number of nitrogens with one attached hydrogen (secondary N) is 2. The van der Waals surface area contributed by atoms with E-state index >= 15 is 0 Å². The van der Waals surface area contributed by atoms with Gasteiger partial charge < -0.3 is 15.4 Å². The molecule has 5 heteroatoms. The predicted molar refractivity (Wildman–Crippen MR) is 112 cm³/mol. The maximum absolute atomic E-state index is 5.35.